The molecular formula is C20H21F6N5O3S. The van der Waals surface area contributed by atoms with E-state index in [2.05, 4.69) is 10.4 Å². The van der Waals surface area contributed by atoms with E-state index < -0.39 is 86.6 Å². The monoisotopic (exact) mass is 525 g/mol. The number of hydrogen-bond donors (Lipinski definition) is 2. The first-order valence-electron chi connectivity index (χ1n) is 10.4. The number of pyridine rings is 1. The van der Waals surface area contributed by atoms with Gasteiger partial charge in [-0.05, 0) is 11.8 Å². The zero-order valence-electron chi connectivity index (χ0n) is 18.5. The van der Waals surface area contributed by atoms with Gasteiger partial charge in [0.2, 0.25) is 5.92 Å². The third-order valence-corrected chi connectivity index (χ3v) is 7.08. The van der Waals surface area contributed by atoms with Crippen molar-refractivity contribution in [3.8, 4) is 0 Å². The minimum Gasteiger partial charge on any atom is -0.618 e. The Morgan fingerprint density at radius 3 is 2.49 bits per heavy atom. The summed E-state index contributed by atoms with van der Waals surface area (Å²) in [6, 6.07) is 1.92. The number of nitrogens with one attached hydrogen (secondary N) is 2. The number of alkyl halides is 6. The Balaban J connectivity index is 1.77. The van der Waals surface area contributed by atoms with Crippen LogP contribution in [0.15, 0.2) is 23.4 Å². The number of amides is 1. The van der Waals surface area contributed by atoms with E-state index in [1.165, 1.54) is 6.92 Å². The lowest BCUT2D eigenvalue weighted by Gasteiger charge is -2.44. The Kier molecular flexibility index (Phi) is 5.65. The Bertz CT molecular complexity index is 1300. The molecule has 2 fully saturated rings. The number of anilines is 1. The van der Waals surface area contributed by atoms with Crippen molar-refractivity contribution in [3.05, 3.63) is 40.5 Å². The number of halogens is 6. The first-order valence-corrected chi connectivity index (χ1v) is 12.4. The second-order valence-electron chi connectivity index (χ2n) is 9.52. The van der Waals surface area contributed by atoms with E-state index in [0.29, 0.717) is 4.68 Å². The molecule has 2 aliphatic carbocycles. The summed E-state index contributed by atoms with van der Waals surface area (Å²) in [5.74, 6) is -5.49. The van der Waals surface area contributed by atoms with Gasteiger partial charge in [0, 0.05) is 43.7 Å². The first kappa shape index (κ1) is 25.3. The topological polar surface area (TPSA) is 115 Å². The standard InChI is InChI=1S/C20H21F6N5O3S/c1-18(7-19(22,23)8-18)9-30-16(14(20(24,25)26)15(29-30)11-6-12(11)21)17(32)28-10-3-4-31(33)13(5-10)35(2,27)34/h3-5,11-12,27H,6-9H2,1-2H3,(H,28,32). The Labute approximate surface area is 195 Å². The molecule has 2 aromatic heterocycles. The number of hydrogen-bond acceptors (Lipinski definition) is 5. The van der Waals surface area contributed by atoms with Gasteiger partial charge >= 0.3 is 6.18 Å². The van der Waals surface area contributed by atoms with E-state index in [1.807, 2.05) is 0 Å². The highest BCUT2D eigenvalue weighted by atomic mass is 32.2. The third kappa shape index (κ3) is 4.95. The van der Waals surface area contributed by atoms with Crippen LogP contribution in [0.2, 0.25) is 0 Å². The van der Waals surface area contributed by atoms with Gasteiger partial charge in [0.15, 0.2) is 6.20 Å². The van der Waals surface area contributed by atoms with Crippen LogP contribution in [0.25, 0.3) is 0 Å². The van der Waals surface area contributed by atoms with Crippen molar-refractivity contribution in [2.75, 3.05) is 11.6 Å². The van der Waals surface area contributed by atoms with Gasteiger partial charge in [0.1, 0.15) is 27.2 Å². The van der Waals surface area contributed by atoms with Crippen LogP contribution < -0.4 is 10.0 Å². The summed E-state index contributed by atoms with van der Waals surface area (Å²) in [7, 11) is -3.54. The van der Waals surface area contributed by atoms with Crippen LogP contribution in [0.1, 0.15) is 53.8 Å². The fraction of sp³-hybridized carbons (Fsp3) is 0.550. The molecule has 4 rings (SSSR count). The minimum atomic E-state index is -5.11. The summed E-state index contributed by atoms with van der Waals surface area (Å²) in [6.45, 7) is 0.993. The van der Waals surface area contributed by atoms with Crippen molar-refractivity contribution in [1.29, 1.82) is 4.78 Å². The molecular weight excluding hydrogens is 504 g/mol. The largest absolute Gasteiger partial charge is 0.618 e. The maximum Gasteiger partial charge on any atom is 0.420 e. The van der Waals surface area contributed by atoms with Gasteiger partial charge in [-0.15, -0.1) is 0 Å². The molecule has 0 aromatic carbocycles. The Morgan fingerprint density at radius 2 is 2.00 bits per heavy atom. The number of carbonyl (C=O) groups excluding carboxylic acids is 1. The smallest absolute Gasteiger partial charge is 0.420 e. The lowest BCUT2D eigenvalue weighted by Crippen LogP contribution is -2.47. The van der Waals surface area contributed by atoms with Crippen LogP contribution in [-0.4, -0.2) is 38.2 Å². The zero-order valence-corrected chi connectivity index (χ0v) is 19.3. The van der Waals surface area contributed by atoms with Gasteiger partial charge < -0.3 is 10.5 Å². The van der Waals surface area contributed by atoms with Crippen LogP contribution in [-0.2, 0) is 22.5 Å². The molecule has 1 amide bonds. The molecule has 0 aliphatic heterocycles. The van der Waals surface area contributed by atoms with Crippen molar-refractivity contribution < 1.29 is 40.1 Å². The molecule has 0 saturated heterocycles. The molecule has 3 unspecified atom stereocenters. The molecule has 0 spiro atoms. The summed E-state index contributed by atoms with van der Waals surface area (Å²) in [5, 5.41) is 17.3. The van der Waals surface area contributed by atoms with E-state index in [1.54, 1.807) is 0 Å². The van der Waals surface area contributed by atoms with Gasteiger partial charge in [-0.1, -0.05) is 6.92 Å². The molecule has 192 valence electrons. The van der Waals surface area contributed by atoms with E-state index >= 15 is 0 Å². The molecule has 0 bridgehead atoms. The average Bonchev–Trinajstić information content (AvgIpc) is 3.25. The van der Waals surface area contributed by atoms with E-state index in [9.17, 15) is 40.6 Å². The molecule has 2 aliphatic rings. The highest BCUT2D eigenvalue weighted by molar-refractivity contribution is 7.91. The van der Waals surface area contributed by atoms with Gasteiger partial charge in [0.05, 0.1) is 11.4 Å². The normalized spacial score (nSPS) is 24.3. The van der Waals surface area contributed by atoms with Gasteiger partial charge in [0.25, 0.3) is 10.9 Å². The van der Waals surface area contributed by atoms with Crippen LogP contribution in [0.4, 0.5) is 32.0 Å². The molecule has 0 radical (unpaired) electrons. The SMILES string of the molecule is CC1(Cn2nc(C3CC3F)c(C(F)(F)F)c2C(=O)Nc2cc[n+]([O-])c(S(C)(=N)=O)c2)CC(F)(F)C1. The predicted octanol–water partition coefficient (Wildman–Crippen LogP) is 4.08. The summed E-state index contributed by atoms with van der Waals surface area (Å²) in [6.07, 6.45) is -6.35. The van der Waals surface area contributed by atoms with E-state index in [-0.39, 0.29) is 16.8 Å². The van der Waals surface area contributed by atoms with Crippen LogP contribution in [0.5, 0.6) is 0 Å². The summed E-state index contributed by atoms with van der Waals surface area (Å²) in [5.41, 5.74) is -4.47. The van der Waals surface area contributed by atoms with Crippen molar-refractivity contribution in [2.45, 2.75) is 61.9 Å². The molecule has 15 heteroatoms. The lowest BCUT2D eigenvalue weighted by molar-refractivity contribution is -0.646. The zero-order chi connectivity index (χ0) is 26.1. The summed E-state index contributed by atoms with van der Waals surface area (Å²) in [4.78, 5) is 13.1. The molecule has 8 nitrogen and oxygen atoms in total. The van der Waals surface area contributed by atoms with Crippen LogP contribution in [0.3, 0.4) is 0 Å². The number of carbonyl (C=O) groups is 1. The molecule has 3 atom stereocenters. The average molecular weight is 525 g/mol. The molecule has 2 N–H and O–H groups in total. The second kappa shape index (κ2) is 7.83. The second-order valence-corrected chi connectivity index (χ2v) is 11.6. The number of aromatic nitrogens is 3. The summed E-state index contributed by atoms with van der Waals surface area (Å²) >= 11 is 0. The van der Waals surface area contributed by atoms with Crippen LogP contribution in [0, 0.1) is 15.4 Å². The summed E-state index contributed by atoms with van der Waals surface area (Å²) < 4.78 is 103. The van der Waals surface area contributed by atoms with Crippen LogP contribution >= 0.6 is 0 Å². The predicted molar refractivity (Wildman–Crippen MR) is 110 cm³/mol. The maximum absolute atomic E-state index is 14.1. The maximum atomic E-state index is 14.1. The fourth-order valence-electron chi connectivity index (χ4n) is 4.50. The van der Waals surface area contributed by atoms with Crippen molar-refractivity contribution in [1.82, 2.24) is 9.78 Å². The Morgan fingerprint density at radius 1 is 1.40 bits per heavy atom. The van der Waals surface area contributed by atoms with E-state index in [4.69, 9.17) is 4.78 Å². The van der Waals surface area contributed by atoms with E-state index in [0.717, 1.165) is 24.6 Å². The molecule has 2 saturated carbocycles. The quantitative estimate of drug-likeness (QED) is 0.336. The van der Waals surface area contributed by atoms with Gasteiger partial charge in [-0.3, -0.25) is 9.48 Å². The molecule has 2 aromatic rings. The van der Waals surface area contributed by atoms with Crippen molar-refractivity contribution in [3.63, 3.8) is 0 Å². The first-order chi connectivity index (χ1) is 15.9. The molecule has 35 heavy (non-hydrogen) atoms. The highest BCUT2D eigenvalue weighted by Crippen LogP contribution is 2.54. The van der Waals surface area contributed by atoms with Gasteiger partial charge in [-0.2, -0.15) is 23.0 Å². The Hall–Kier alpha value is -2.84. The lowest BCUT2D eigenvalue weighted by atomic mass is 9.67. The minimum absolute atomic E-state index is 0.126. The third-order valence-electron chi connectivity index (χ3n) is 5.99. The number of rotatable bonds is 6. The fourth-order valence-corrected chi connectivity index (χ4v) is 5.26. The number of nitrogens with zero attached hydrogens (tertiary/aromatic N) is 3. The highest BCUT2D eigenvalue weighted by Gasteiger charge is 2.55. The van der Waals surface area contributed by atoms with Crippen molar-refractivity contribution >= 4 is 21.3 Å². The van der Waals surface area contributed by atoms with Gasteiger partial charge in [-0.25, -0.2) is 22.2 Å². The molecule has 2 heterocycles. The van der Waals surface area contributed by atoms with Crippen molar-refractivity contribution in [2.24, 2.45) is 5.41 Å².